The van der Waals surface area contributed by atoms with Gasteiger partial charge in [0, 0.05) is 18.1 Å². The van der Waals surface area contributed by atoms with E-state index in [0.717, 1.165) is 12.5 Å². The fourth-order valence-corrected chi connectivity index (χ4v) is 4.48. The molecule has 0 spiro atoms. The zero-order chi connectivity index (χ0) is 16.0. The van der Waals surface area contributed by atoms with Gasteiger partial charge in [-0.25, -0.2) is 12.8 Å². The van der Waals surface area contributed by atoms with Crippen molar-refractivity contribution in [2.75, 3.05) is 18.8 Å². The van der Waals surface area contributed by atoms with Crippen LogP contribution < -0.4 is 5.73 Å². The van der Waals surface area contributed by atoms with Crippen LogP contribution in [0.15, 0.2) is 17.0 Å². The molecule has 118 valence electrons. The highest BCUT2D eigenvalue weighted by atomic mass is 35.5. The minimum atomic E-state index is -3.91. The number of halogens is 2. The van der Waals surface area contributed by atoms with Crippen LogP contribution in [0, 0.1) is 17.2 Å². The minimum absolute atomic E-state index is 0.0101. The van der Waals surface area contributed by atoms with Crippen LogP contribution in [0.4, 0.5) is 10.1 Å². The summed E-state index contributed by atoms with van der Waals surface area (Å²) < 4.78 is 40.6. The Morgan fingerprint density at radius 2 is 2.00 bits per heavy atom. The topological polar surface area (TPSA) is 63.4 Å². The molecule has 1 unspecified atom stereocenters. The Bertz CT molecular complexity index is 656. The normalized spacial score (nSPS) is 20.9. The molecule has 2 N–H and O–H groups in total. The van der Waals surface area contributed by atoms with Crippen molar-refractivity contribution in [3.8, 4) is 0 Å². The summed E-state index contributed by atoms with van der Waals surface area (Å²) in [6, 6.07) is 2.32. The number of rotatable bonds is 2. The molecule has 21 heavy (non-hydrogen) atoms. The molecule has 4 nitrogen and oxygen atoms in total. The highest BCUT2D eigenvalue weighted by Crippen LogP contribution is 2.37. The number of sulfonamides is 1. The molecular formula is C14H20ClFN2O2S. The number of benzene rings is 1. The lowest BCUT2D eigenvalue weighted by atomic mass is 9.80. The van der Waals surface area contributed by atoms with Gasteiger partial charge in [-0.2, -0.15) is 4.31 Å². The first-order valence-electron chi connectivity index (χ1n) is 6.78. The van der Waals surface area contributed by atoms with Gasteiger partial charge in [0.15, 0.2) is 5.82 Å². The van der Waals surface area contributed by atoms with Crippen molar-refractivity contribution in [1.82, 2.24) is 4.31 Å². The maximum atomic E-state index is 14.1. The van der Waals surface area contributed by atoms with E-state index in [1.165, 1.54) is 10.4 Å². The number of nitrogens with two attached hydrogens (primary N) is 1. The van der Waals surface area contributed by atoms with Crippen LogP contribution in [0.3, 0.4) is 0 Å². The Morgan fingerprint density at radius 1 is 1.38 bits per heavy atom. The molecule has 1 fully saturated rings. The number of nitrogens with zero attached hydrogens (tertiary/aromatic N) is 1. The SMILES string of the molecule is CC(C)(C)C1CCN(S(=O)(=O)c2cc(Cl)cc(N)c2F)C1. The van der Waals surface area contributed by atoms with Gasteiger partial charge in [0.25, 0.3) is 0 Å². The molecule has 1 aliphatic heterocycles. The molecule has 1 aromatic rings. The van der Waals surface area contributed by atoms with Crippen LogP contribution in [-0.4, -0.2) is 25.8 Å². The fourth-order valence-electron chi connectivity index (χ4n) is 2.56. The van der Waals surface area contributed by atoms with Crippen LogP contribution in [0.2, 0.25) is 5.02 Å². The molecule has 0 aliphatic carbocycles. The number of hydrogen-bond donors (Lipinski definition) is 1. The van der Waals surface area contributed by atoms with Gasteiger partial charge in [-0.05, 0) is 29.9 Å². The molecule has 1 atom stereocenters. The lowest BCUT2D eigenvalue weighted by molar-refractivity contribution is 0.252. The van der Waals surface area contributed by atoms with Crippen molar-refractivity contribution in [1.29, 1.82) is 0 Å². The van der Waals surface area contributed by atoms with Gasteiger partial charge in [0.05, 0.1) is 5.69 Å². The molecule has 1 aromatic carbocycles. The van der Waals surface area contributed by atoms with Gasteiger partial charge < -0.3 is 5.73 Å². The van der Waals surface area contributed by atoms with Crippen LogP contribution in [-0.2, 0) is 10.0 Å². The van der Waals surface area contributed by atoms with Gasteiger partial charge in [-0.15, -0.1) is 0 Å². The minimum Gasteiger partial charge on any atom is -0.396 e. The molecule has 0 saturated carbocycles. The summed E-state index contributed by atoms with van der Waals surface area (Å²) in [4.78, 5) is -0.443. The average molecular weight is 335 g/mol. The highest BCUT2D eigenvalue weighted by Gasteiger charge is 2.38. The second-order valence-electron chi connectivity index (χ2n) is 6.52. The summed E-state index contributed by atoms with van der Waals surface area (Å²) in [6.07, 6.45) is 0.764. The Hall–Kier alpha value is -0.850. The van der Waals surface area contributed by atoms with E-state index in [1.807, 2.05) is 0 Å². The molecule has 0 bridgehead atoms. The molecule has 7 heteroatoms. The zero-order valence-electron chi connectivity index (χ0n) is 12.4. The molecule has 0 radical (unpaired) electrons. The first-order chi connectivity index (χ1) is 9.53. The smallest absolute Gasteiger partial charge is 0.246 e. The fraction of sp³-hybridized carbons (Fsp3) is 0.571. The first-order valence-corrected chi connectivity index (χ1v) is 8.60. The Kier molecular flexibility index (Phi) is 4.26. The standard InChI is InChI=1S/C14H20ClFN2O2S/c1-14(2,3)9-4-5-18(8-9)21(19,20)12-7-10(15)6-11(17)13(12)16/h6-7,9H,4-5,8,17H2,1-3H3. The van der Waals surface area contributed by atoms with Crippen molar-refractivity contribution in [3.63, 3.8) is 0 Å². The third kappa shape index (κ3) is 3.17. The number of nitrogen functional groups attached to an aromatic ring is 1. The molecule has 1 saturated heterocycles. The summed E-state index contributed by atoms with van der Waals surface area (Å²) >= 11 is 5.81. The van der Waals surface area contributed by atoms with Crippen molar-refractivity contribution in [2.45, 2.75) is 32.1 Å². The summed E-state index contributed by atoms with van der Waals surface area (Å²) in [5.41, 5.74) is 5.22. The zero-order valence-corrected chi connectivity index (χ0v) is 13.9. The van der Waals surface area contributed by atoms with Crippen molar-refractivity contribution in [2.24, 2.45) is 11.3 Å². The predicted molar refractivity (Wildman–Crippen MR) is 82.1 cm³/mol. The number of hydrogen-bond acceptors (Lipinski definition) is 3. The predicted octanol–water partition coefficient (Wildman–Crippen LogP) is 3.12. The third-order valence-corrected chi connectivity index (χ3v) is 6.11. The molecule has 1 heterocycles. The maximum Gasteiger partial charge on any atom is 0.246 e. The van der Waals surface area contributed by atoms with Gasteiger partial charge in [-0.3, -0.25) is 0 Å². The van der Waals surface area contributed by atoms with Gasteiger partial charge in [0.2, 0.25) is 10.0 Å². The van der Waals surface area contributed by atoms with Crippen molar-refractivity contribution >= 4 is 27.3 Å². The Labute approximate surface area is 130 Å². The summed E-state index contributed by atoms with van der Waals surface area (Å²) in [5, 5.41) is 0.110. The van der Waals surface area contributed by atoms with Gasteiger partial charge in [0.1, 0.15) is 4.90 Å². The first kappa shape index (κ1) is 16.5. The van der Waals surface area contributed by atoms with Gasteiger partial charge in [-0.1, -0.05) is 32.4 Å². The molecule has 0 aromatic heterocycles. The average Bonchev–Trinajstić information content (AvgIpc) is 2.83. The van der Waals surface area contributed by atoms with Crippen molar-refractivity contribution in [3.05, 3.63) is 23.0 Å². The van der Waals surface area contributed by atoms with Crippen LogP contribution in [0.1, 0.15) is 27.2 Å². The van der Waals surface area contributed by atoms with E-state index < -0.39 is 20.7 Å². The second-order valence-corrected chi connectivity index (χ2v) is 8.86. The van der Waals surface area contributed by atoms with E-state index in [4.69, 9.17) is 17.3 Å². The Balaban J connectivity index is 2.37. The van der Waals surface area contributed by atoms with E-state index in [1.54, 1.807) is 0 Å². The molecule has 1 aliphatic rings. The monoisotopic (exact) mass is 334 g/mol. The van der Waals surface area contributed by atoms with Crippen LogP contribution in [0.5, 0.6) is 0 Å². The lowest BCUT2D eigenvalue weighted by Gasteiger charge is -2.27. The van der Waals surface area contributed by atoms with E-state index in [9.17, 15) is 12.8 Å². The lowest BCUT2D eigenvalue weighted by Crippen LogP contribution is -2.32. The quantitative estimate of drug-likeness (QED) is 0.845. The third-order valence-electron chi connectivity index (χ3n) is 4.03. The van der Waals surface area contributed by atoms with Crippen molar-refractivity contribution < 1.29 is 12.8 Å². The molecular weight excluding hydrogens is 315 g/mol. The highest BCUT2D eigenvalue weighted by molar-refractivity contribution is 7.89. The molecule has 0 amide bonds. The molecule has 2 rings (SSSR count). The Morgan fingerprint density at radius 3 is 2.52 bits per heavy atom. The second kappa shape index (κ2) is 5.41. The van der Waals surface area contributed by atoms with E-state index in [2.05, 4.69) is 20.8 Å². The summed E-state index contributed by atoms with van der Waals surface area (Å²) in [6.45, 7) is 7.00. The van der Waals surface area contributed by atoms with Crippen LogP contribution in [0.25, 0.3) is 0 Å². The summed E-state index contributed by atoms with van der Waals surface area (Å²) in [7, 11) is -3.91. The van der Waals surface area contributed by atoms with E-state index in [-0.39, 0.29) is 22.0 Å². The van der Waals surface area contributed by atoms with Crippen LogP contribution >= 0.6 is 11.6 Å². The van der Waals surface area contributed by atoms with E-state index in [0.29, 0.717) is 13.1 Å². The maximum absolute atomic E-state index is 14.1. The van der Waals surface area contributed by atoms with E-state index >= 15 is 0 Å². The summed E-state index contributed by atoms with van der Waals surface area (Å²) in [5.74, 6) is -0.689. The number of anilines is 1. The largest absolute Gasteiger partial charge is 0.396 e. The van der Waals surface area contributed by atoms with Gasteiger partial charge >= 0.3 is 0 Å².